The lowest BCUT2D eigenvalue weighted by molar-refractivity contribution is 0.283. The molecule has 0 spiro atoms. The third-order valence-electron chi connectivity index (χ3n) is 2.95. The van der Waals surface area contributed by atoms with Crippen molar-refractivity contribution in [3.05, 3.63) is 33.8 Å². The van der Waals surface area contributed by atoms with Crippen LogP contribution in [0.1, 0.15) is 37.4 Å². The monoisotopic (exact) mass is 253 g/mol. The van der Waals surface area contributed by atoms with Crippen LogP contribution in [-0.2, 0) is 6.42 Å². The zero-order chi connectivity index (χ0) is 10.3. The highest BCUT2D eigenvalue weighted by Crippen LogP contribution is 2.40. The first-order chi connectivity index (χ1) is 6.48. The molecule has 0 amide bonds. The Morgan fingerprint density at radius 2 is 2.14 bits per heavy atom. The molecule has 0 heterocycles. The summed E-state index contributed by atoms with van der Waals surface area (Å²) in [5.41, 5.74) is 9.25. The standard InChI is InChI=1S/C12H16BrN/c1-12(2)6-8-3-4-9(13)5-10(8)11(14)7-12/h3-5,11H,6-7,14H2,1-2H3. The molecule has 1 aromatic rings. The van der Waals surface area contributed by atoms with Crippen LogP contribution in [0.3, 0.4) is 0 Å². The molecule has 14 heavy (non-hydrogen) atoms. The smallest absolute Gasteiger partial charge is 0.0303 e. The second-order valence-corrected chi connectivity index (χ2v) is 5.91. The van der Waals surface area contributed by atoms with E-state index in [0.29, 0.717) is 5.41 Å². The highest BCUT2D eigenvalue weighted by molar-refractivity contribution is 9.10. The molecule has 1 atom stereocenters. The fourth-order valence-electron chi connectivity index (χ4n) is 2.36. The summed E-state index contributed by atoms with van der Waals surface area (Å²) in [6.45, 7) is 4.58. The molecule has 2 N–H and O–H groups in total. The van der Waals surface area contributed by atoms with Gasteiger partial charge >= 0.3 is 0 Å². The van der Waals surface area contributed by atoms with Crippen molar-refractivity contribution in [1.82, 2.24) is 0 Å². The van der Waals surface area contributed by atoms with Crippen LogP contribution in [0.4, 0.5) is 0 Å². The third-order valence-corrected chi connectivity index (χ3v) is 3.44. The molecule has 0 aliphatic heterocycles. The number of halogens is 1. The van der Waals surface area contributed by atoms with E-state index in [0.717, 1.165) is 17.3 Å². The van der Waals surface area contributed by atoms with E-state index in [1.54, 1.807) is 0 Å². The summed E-state index contributed by atoms with van der Waals surface area (Å²) in [7, 11) is 0. The van der Waals surface area contributed by atoms with Crippen LogP contribution in [0, 0.1) is 5.41 Å². The topological polar surface area (TPSA) is 26.0 Å². The third kappa shape index (κ3) is 1.86. The molecule has 0 aromatic heterocycles. The minimum Gasteiger partial charge on any atom is -0.324 e. The number of rotatable bonds is 0. The van der Waals surface area contributed by atoms with Crippen molar-refractivity contribution in [2.75, 3.05) is 0 Å². The van der Waals surface area contributed by atoms with E-state index in [1.807, 2.05) is 0 Å². The largest absolute Gasteiger partial charge is 0.324 e. The lowest BCUT2D eigenvalue weighted by atomic mass is 9.72. The van der Waals surface area contributed by atoms with Gasteiger partial charge in [-0.2, -0.15) is 0 Å². The summed E-state index contributed by atoms with van der Waals surface area (Å²) in [6, 6.07) is 6.66. The molecule has 0 saturated heterocycles. The van der Waals surface area contributed by atoms with Crippen LogP contribution in [0.2, 0.25) is 0 Å². The minimum absolute atomic E-state index is 0.200. The Kier molecular flexibility index (Phi) is 2.44. The van der Waals surface area contributed by atoms with Gasteiger partial charge in [0.15, 0.2) is 0 Å². The van der Waals surface area contributed by atoms with Gasteiger partial charge in [-0.1, -0.05) is 35.8 Å². The summed E-state index contributed by atoms with van der Waals surface area (Å²) in [6.07, 6.45) is 2.22. The van der Waals surface area contributed by atoms with Gasteiger partial charge in [-0.3, -0.25) is 0 Å². The SMILES string of the molecule is CC1(C)Cc2ccc(Br)cc2C(N)C1. The predicted molar refractivity (Wildman–Crippen MR) is 63.2 cm³/mol. The molecule has 1 nitrogen and oxygen atoms in total. The first-order valence-corrected chi connectivity index (χ1v) is 5.81. The summed E-state index contributed by atoms with van der Waals surface area (Å²) < 4.78 is 1.13. The quantitative estimate of drug-likeness (QED) is 0.754. The first kappa shape index (κ1) is 10.2. The van der Waals surface area contributed by atoms with Gasteiger partial charge in [0.05, 0.1) is 0 Å². The molecule has 76 valence electrons. The summed E-state index contributed by atoms with van der Waals surface area (Å²) in [4.78, 5) is 0. The van der Waals surface area contributed by atoms with Gasteiger partial charge in [0, 0.05) is 10.5 Å². The molecule has 2 rings (SSSR count). The molecule has 2 heteroatoms. The second-order valence-electron chi connectivity index (χ2n) is 4.99. The number of fused-ring (bicyclic) bond motifs is 1. The highest BCUT2D eigenvalue weighted by Gasteiger charge is 2.29. The molecule has 0 radical (unpaired) electrons. The van der Waals surface area contributed by atoms with E-state index in [9.17, 15) is 0 Å². The number of benzene rings is 1. The van der Waals surface area contributed by atoms with Crippen molar-refractivity contribution in [1.29, 1.82) is 0 Å². The van der Waals surface area contributed by atoms with Crippen LogP contribution in [-0.4, -0.2) is 0 Å². The van der Waals surface area contributed by atoms with Crippen LogP contribution in [0.5, 0.6) is 0 Å². The fourth-order valence-corrected chi connectivity index (χ4v) is 2.74. The van der Waals surface area contributed by atoms with E-state index in [-0.39, 0.29) is 6.04 Å². The van der Waals surface area contributed by atoms with Crippen LogP contribution < -0.4 is 5.73 Å². The molecule has 1 aliphatic rings. The molecule has 0 saturated carbocycles. The van der Waals surface area contributed by atoms with Crippen molar-refractivity contribution in [2.24, 2.45) is 11.1 Å². The van der Waals surface area contributed by atoms with Crippen LogP contribution in [0.25, 0.3) is 0 Å². The molecule has 1 aliphatic carbocycles. The Hall–Kier alpha value is -0.340. The van der Waals surface area contributed by atoms with Crippen molar-refractivity contribution in [3.8, 4) is 0 Å². The molecular formula is C12H16BrN. The summed E-state index contributed by atoms with van der Waals surface area (Å²) >= 11 is 3.49. The number of hydrogen-bond donors (Lipinski definition) is 1. The maximum Gasteiger partial charge on any atom is 0.0303 e. The molecule has 1 aromatic carbocycles. The minimum atomic E-state index is 0.200. The Labute approximate surface area is 93.8 Å². The Balaban J connectivity index is 2.45. The van der Waals surface area contributed by atoms with Gasteiger partial charge in [-0.15, -0.1) is 0 Å². The van der Waals surface area contributed by atoms with Gasteiger partial charge in [0.2, 0.25) is 0 Å². The molecule has 0 bridgehead atoms. The Bertz CT molecular complexity index is 357. The van der Waals surface area contributed by atoms with Gasteiger partial charge in [0.1, 0.15) is 0 Å². The van der Waals surface area contributed by atoms with Gasteiger partial charge in [-0.05, 0) is 41.5 Å². The lowest BCUT2D eigenvalue weighted by Gasteiger charge is -2.35. The summed E-state index contributed by atoms with van der Waals surface area (Å²) in [5, 5.41) is 0. The molecule has 1 unspecified atom stereocenters. The van der Waals surface area contributed by atoms with E-state index >= 15 is 0 Å². The Morgan fingerprint density at radius 1 is 1.43 bits per heavy atom. The summed E-state index contributed by atoms with van der Waals surface area (Å²) in [5.74, 6) is 0. The average molecular weight is 254 g/mol. The molecular weight excluding hydrogens is 238 g/mol. The highest BCUT2D eigenvalue weighted by atomic mass is 79.9. The molecule has 0 fully saturated rings. The number of hydrogen-bond acceptors (Lipinski definition) is 1. The zero-order valence-corrected chi connectivity index (χ0v) is 10.3. The van der Waals surface area contributed by atoms with E-state index in [2.05, 4.69) is 48.0 Å². The van der Waals surface area contributed by atoms with Crippen molar-refractivity contribution >= 4 is 15.9 Å². The first-order valence-electron chi connectivity index (χ1n) is 5.02. The van der Waals surface area contributed by atoms with E-state index in [1.165, 1.54) is 11.1 Å². The van der Waals surface area contributed by atoms with E-state index in [4.69, 9.17) is 5.73 Å². The van der Waals surface area contributed by atoms with Crippen LogP contribution in [0.15, 0.2) is 22.7 Å². The maximum atomic E-state index is 6.17. The van der Waals surface area contributed by atoms with Gasteiger partial charge in [0.25, 0.3) is 0 Å². The maximum absolute atomic E-state index is 6.17. The second kappa shape index (κ2) is 3.35. The van der Waals surface area contributed by atoms with Crippen molar-refractivity contribution in [2.45, 2.75) is 32.7 Å². The van der Waals surface area contributed by atoms with E-state index < -0.39 is 0 Å². The average Bonchev–Trinajstić information content (AvgIpc) is 2.05. The van der Waals surface area contributed by atoms with Gasteiger partial charge < -0.3 is 5.73 Å². The zero-order valence-electron chi connectivity index (χ0n) is 8.68. The number of nitrogens with two attached hydrogens (primary N) is 1. The van der Waals surface area contributed by atoms with Gasteiger partial charge in [-0.25, -0.2) is 0 Å². The predicted octanol–water partition coefficient (Wildman–Crippen LogP) is 3.42. The van der Waals surface area contributed by atoms with Crippen molar-refractivity contribution in [3.63, 3.8) is 0 Å². The Morgan fingerprint density at radius 3 is 2.86 bits per heavy atom. The van der Waals surface area contributed by atoms with Crippen molar-refractivity contribution < 1.29 is 0 Å². The van der Waals surface area contributed by atoms with Crippen LogP contribution >= 0.6 is 15.9 Å². The fraction of sp³-hybridized carbons (Fsp3) is 0.500. The lowest BCUT2D eigenvalue weighted by Crippen LogP contribution is -2.29. The normalized spacial score (nSPS) is 24.4.